The summed E-state index contributed by atoms with van der Waals surface area (Å²) in [5, 5.41) is 2.93. The first-order valence-electron chi connectivity index (χ1n) is 8.00. The zero-order valence-corrected chi connectivity index (χ0v) is 12.8. The smallest absolute Gasteiger partial charge is 0.220 e. The number of carbonyl (C=O) groups is 1. The lowest BCUT2D eigenvalue weighted by molar-refractivity contribution is -0.121. The first kappa shape index (κ1) is 15.5. The summed E-state index contributed by atoms with van der Waals surface area (Å²) in [7, 11) is 0. The van der Waals surface area contributed by atoms with Crippen molar-refractivity contribution in [2.24, 2.45) is 0 Å². The molecule has 1 amide bonds. The molecule has 0 spiro atoms. The minimum absolute atomic E-state index is 0.117. The van der Waals surface area contributed by atoms with Gasteiger partial charge in [0.25, 0.3) is 0 Å². The second-order valence-electron chi connectivity index (χ2n) is 5.50. The summed E-state index contributed by atoms with van der Waals surface area (Å²) in [6.07, 6.45) is 7.85. The van der Waals surface area contributed by atoms with Crippen LogP contribution < -0.4 is 5.32 Å². The van der Waals surface area contributed by atoms with Crippen molar-refractivity contribution in [2.45, 2.75) is 58.4 Å². The number of aromatic nitrogens is 2. The molecule has 0 radical (unpaired) electrons. The van der Waals surface area contributed by atoms with Gasteiger partial charge in [-0.25, -0.2) is 4.98 Å². The molecule has 114 valence electrons. The second kappa shape index (κ2) is 8.45. The van der Waals surface area contributed by atoms with Gasteiger partial charge in [0.05, 0.1) is 17.6 Å². The summed E-state index contributed by atoms with van der Waals surface area (Å²) in [6, 6.07) is 7.89. The maximum Gasteiger partial charge on any atom is 0.220 e. The molecule has 4 heteroatoms. The number of benzene rings is 1. The third-order valence-electron chi connectivity index (χ3n) is 3.65. The Morgan fingerprint density at radius 1 is 1.14 bits per heavy atom. The van der Waals surface area contributed by atoms with E-state index >= 15 is 0 Å². The van der Waals surface area contributed by atoms with Gasteiger partial charge in [-0.1, -0.05) is 51.2 Å². The fourth-order valence-corrected chi connectivity index (χ4v) is 2.43. The third kappa shape index (κ3) is 5.21. The molecule has 0 fully saturated rings. The highest BCUT2D eigenvalue weighted by molar-refractivity contribution is 5.76. The number of nitrogens with one attached hydrogen (secondary N) is 2. The zero-order valence-electron chi connectivity index (χ0n) is 12.8. The van der Waals surface area contributed by atoms with Crippen molar-refractivity contribution in [2.75, 3.05) is 0 Å². The summed E-state index contributed by atoms with van der Waals surface area (Å²) in [5.41, 5.74) is 1.95. The molecule has 4 nitrogen and oxygen atoms in total. The number of imidazole rings is 1. The number of hydrogen-bond donors (Lipinski definition) is 2. The van der Waals surface area contributed by atoms with Crippen LogP contribution >= 0.6 is 0 Å². The van der Waals surface area contributed by atoms with Crippen molar-refractivity contribution in [3.05, 3.63) is 30.1 Å². The number of fused-ring (bicyclic) bond motifs is 1. The Hall–Kier alpha value is -1.84. The van der Waals surface area contributed by atoms with Crippen LogP contribution in [0.1, 0.15) is 57.7 Å². The predicted octanol–water partition coefficient (Wildman–Crippen LogP) is 3.93. The number of aromatic amines is 1. The topological polar surface area (TPSA) is 57.8 Å². The lowest BCUT2D eigenvalue weighted by Gasteiger charge is -2.03. The maximum absolute atomic E-state index is 11.8. The van der Waals surface area contributed by atoms with Crippen LogP contribution in [0.25, 0.3) is 11.0 Å². The van der Waals surface area contributed by atoms with Crippen LogP contribution in [0.15, 0.2) is 24.3 Å². The highest BCUT2D eigenvalue weighted by atomic mass is 16.1. The van der Waals surface area contributed by atoms with E-state index in [4.69, 9.17) is 0 Å². The van der Waals surface area contributed by atoms with E-state index in [-0.39, 0.29) is 5.91 Å². The first-order chi connectivity index (χ1) is 10.3. The van der Waals surface area contributed by atoms with Crippen LogP contribution in [0.4, 0.5) is 0 Å². The molecule has 0 aliphatic carbocycles. The van der Waals surface area contributed by atoms with Gasteiger partial charge in [-0.3, -0.25) is 4.79 Å². The number of rotatable bonds is 9. The molecule has 0 aliphatic rings. The van der Waals surface area contributed by atoms with E-state index in [1.54, 1.807) is 0 Å². The monoisotopic (exact) mass is 287 g/mol. The van der Waals surface area contributed by atoms with Crippen LogP contribution in [0.5, 0.6) is 0 Å². The van der Waals surface area contributed by atoms with Crippen molar-refractivity contribution >= 4 is 16.9 Å². The van der Waals surface area contributed by atoms with Crippen LogP contribution in [0.2, 0.25) is 0 Å². The Balaban J connectivity index is 1.64. The highest BCUT2D eigenvalue weighted by Crippen LogP contribution is 2.10. The van der Waals surface area contributed by atoms with Gasteiger partial charge < -0.3 is 10.3 Å². The van der Waals surface area contributed by atoms with Crippen LogP contribution in [-0.4, -0.2) is 15.9 Å². The average Bonchev–Trinajstić information content (AvgIpc) is 2.91. The molecule has 1 aromatic heterocycles. The molecule has 0 saturated heterocycles. The van der Waals surface area contributed by atoms with Gasteiger partial charge in [-0.15, -0.1) is 0 Å². The number of unbranched alkanes of at least 4 members (excludes halogenated alkanes) is 5. The number of amides is 1. The van der Waals surface area contributed by atoms with Crippen molar-refractivity contribution < 1.29 is 4.79 Å². The Morgan fingerprint density at radius 2 is 1.90 bits per heavy atom. The van der Waals surface area contributed by atoms with Crippen LogP contribution in [0.3, 0.4) is 0 Å². The van der Waals surface area contributed by atoms with Gasteiger partial charge in [-0.05, 0) is 18.6 Å². The molecule has 21 heavy (non-hydrogen) atoms. The number of hydrogen-bond acceptors (Lipinski definition) is 2. The van der Waals surface area contributed by atoms with E-state index in [1.165, 1.54) is 25.7 Å². The van der Waals surface area contributed by atoms with Crippen molar-refractivity contribution in [1.29, 1.82) is 0 Å². The lowest BCUT2D eigenvalue weighted by Crippen LogP contribution is -2.22. The van der Waals surface area contributed by atoms with E-state index in [9.17, 15) is 4.79 Å². The van der Waals surface area contributed by atoms with E-state index < -0.39 is 0 Å². The Labute approximate surface area is 126 Å². The molecule has 1 aromatic carbocycles. The highest BCUT2D eigenvalue weighted by Gasteiger charge is 2.04. The SMILES string of the molecule is CCCCCCCCC(=O)NCc1nc2ccccc2[nH]1. The number of nitrogens with zero attached hydrogens (tertiary/aromatic N) is 1. The first-order valence-corrected chi connectivity index (χ1v) is 8.00. The van der Waals surface area contributed by atoms with Crippen molar-refractivity contribution in [3.63, 3.8) is 0 Å². The standard InChI is InChI=1S/C17H25N3O/c1-2-3-4-5-6-7-12-17(21)18-13-16-19-14-10-8-9-11-15(14)20-16/h8-11H,2-7,12-13H2,1H3,(H,18,21)(H,19,20). The fourth-order valence-electron chi connectivity index (χ4n) is 2.43. The molecule has 1 heterocycles. The van der Waals surface area contributed by atoms with E-state index in [0.717, 1.165) is 29.7 Å². The molecule has 0 unspecified atom stereocenters. The van der Waals surface area contributed by atoms with Crippen molar-refractivity contribution in [1.82, 2.24) is 15.3 Å². The summed E-state index contributed by atoms with van der Waals surface area (Å²) >= 11 is 0. The Bertz CT molecular complexity index is 529. The molecule has 2 aromatic rings. The van der Waals surface area contributed by atoms with Gasteiger partial charge in [0.1, 0.15) is 5.82 Å². The number of para-hydroxylation sites is 2. The second-order valence-corrected chi connectivity index (χ2v) is 5.50. The Kier molecular flexibility index (Phi) is 6.25. The fraction of sp³-hybridized carbons (Fsp3) is 0.529. The van der Waals surface area contributed by atoms with Gasteiger partial charge in [0.2, 0.25) is 5.91 Å². The lowest BCUT2D eigenvalue weighted by atomic mass is 10.1. The minimum atomic E-state index is 0.117. The summed E-state index contributed by atoms with van der Waals surface area (Å²) < 4.78 is 0. The molecule has 0 bridgehead atoms. The average molecular weight is 287 g/mol. The summed E-state index contributed by atoms with van der Waals surface area (Å²) in [5.74, 6) is 0.929. The molecular weight excluding hydrogens is 262 g/mol. The zero-order chi connectivity index (χ0) is 14.9. The van der Waals surface area contributed by atoms with Crippen LogP contribution in [-0.2, 0) is 11.3 Å². The molecule has 0 aliphatic heterocycles. The van der Waals surface area contributed by atoms with Gasteiger partial charge in [0, 0.05) is 6.42 Å². The normalized spacial score (nSPS) is 10.9. The predicted molar refractivity (Wildman–Crippen MR) is 85.9 cm³/mol. The third-order valence-corrected chi connectivity index (χ3v) is 3.65. The maximum atomic E-state index is 11.8. The largest absolute Gasteiger partial charge is 0.349 e. The number of H-pyrrole nitrogens is 1. The van der Waals surface area contributed by atoms with Gasteiger partial charge >= 0.3 is 0 Å². The molecule has 0 atom stereocenters. The van der Waals surface area contributed by atoms with Gasteiger partial charge in [0.15, 0.2) is 0 Å². The van der Waals surface area contributed by atoms with Gasteiger partial charge in [-0.2, -0.15) is 0 Å². The molecular formula is C17H25N3O. The quantitative estimate of drug-likeness (QED) is 0.686. The van der Waals surface area contributed by atoms with E-state index in [2.05, 4.69) is 22.2 Å². The summed E-state index contributed by atoms with van der Waals surface area (Å²) in [6.45, 7) is 2.69. The Morgan fingerprint density at radius 3 is 2.71 bits per heavy atom. The molecule has 0 saturated carbocycles. The minimum Gasteiger partial charge on any atom is -0.349 e. The molecule has 2 N–H and O–H groups in total. The summed E-state index contributed by atoms with van der Waals surface area (Å²) in [4.78, 5) is 19.4. The van der Waals surface area contributed by atoms with Crippen LogP contribution in [0, 0.1) is 0 Å². The molecule has 2 rings (SSSR count). The van der Waals surface area contributed by atoms with Crippen molar-refractivity contribution in [3.8, 4) is 0 Å². The number of carbonyl (C=O) groups excluding carboxylic acids is 1. The van der Waals surface area contributed by atoms with E-state index in [0.29, 0.717) is 13.0 Å². The van der Waals surface area contributed by atoms with E-state index in [1.807, 2.05) is 24.3 Å².